The van der Waals surface area contributed by atoms with Crippen LogP contribution in [-0.4, -0.2) is 68.2 Å². The first-order valence-corrected chi connectivity index (χ1v) is 9.79. The molecule has 0 amide bonds. The van der Waals surface area contributed by atoms with Crippen LogP contribution in [0, 0.1) is 0 Å². The lowest BCUT2D eigenvalue weighted by molar-refractivity contribution is -0.208. The SMILES string of the molecule is C[C@@H](c1ccc2cccnc2n1)N1CCN(c2cnn(CC(O)C(F)(F)F)c2)CC1. The number of hydrogen-bond donors (Lipinski definition) is 1. The van der Waals surface area contributed by atoms with Crippen molar-refractivity contribution in [3.63, 3.8) is 0 Å². The Morgan fingerprint density at radius 1 is 1.13 bits per heavy atom. The Hall–Kier alpha value is -2.72. The van der Waals surface area contributed by atoms with E-state index in [-0.39, 0.29) is 6.04 Å². The number of piperazine rings is 1. The summed E-state index contributed by atoms with van der Waals surface area (Å²) in [7, 11) is 0. The molecular weight excluding hydrogens is 397 g/mol. The van der Waals surface area contributed by atoms with Crippen molar-refractivity contribution < 1.29 is 18.3 Å². The average molecular weight is 420 g/mol. The van der Waals surface area contributed by atoms with Crippen molar-refractivity contribution in [3.05, 3.63) is 48.5 Å². The summed E-state index contributed by atoms with van der Waals surface area (Å²) in [4.78, 5) is 13.4. The van der Waals surface area contributed by atoms with Crippen LogP contribution in [0.1, 0.15) is 18.7 Å². The van der Waals surface area contributed by atoms with Crippen molar-refractivity contribution in [1.29, 1.82) is 0 Å². The van der Waals surface area contributed by atoms with E-state index in [9.17, 15) is 18.3 Å². The number of halogens is 3. The highest BCUT2D eigenvalue weighted by molar-refractivity contribution is 5.74. The molecule has 3 aromatic rings. The number of aliphatic hydroxyl groups is 1. The molecule has 1 aliphatic rings. The predicted octanol–water partition coefficient (Wildman–Crippen LogP) is 2.63. The highest BCUT2D eigenvalue weighted by atomic mass is 19.4. The molecule has 10 heteroatoms. The monoisotopic (exact) mass is 420 g/mol. The molecule has 1 N–H and O–H groups in total. The van der Waals surface area contributed by atoms with E-state index < -0.39 is 18.8 Å². The number of nitrogens with zero attached hydrogens (tertiary/aromatic N) is 6. The minimum absolute atomic E-state index is 0.128. The first kappa shape index (κ1) is 20.5. The second-order valence-electron chi connectivity index (χ2n) is 7.46. The fraction of sp³-hybridized carbons (Fsp3) is 0.450. The van der Waals surface area contributed by atoms with Gasteiger partial charge in [0.05, 0.1) is 24.1 Å². The summed E-state index contributed by atoms with van der Waals surface area (Å²) in [5.74, 6) is 0. The summed E-state index contributed by atoms with van der Waals surface area (Å²) in [6.45, 7) is 4.54. The quantitative estimate of drug-likeness (QED) is 0.684. The second-order valence-corrected chi connectivity index (χ2v) is 7.46. The number of alkyl halides is 3. The van der Waals surface area contributed by atoms with Crippen LogP contribution in [0.4, 0.5) is 18.9 Å². The number of aromatic nitrogens is 4. The summed E-state index contributed by atoms with van der Waals surface area (Å²) in [6, 6.07) is 8.05. The molecule has 1 saturated heterocycles. The van der Waals surface area contributed by atoms with Gasteiger partial charge in [0.15, 0.2) is 11.8 Å². The molecule has 1 aliphatic heterocycles. The van der Waals surface area contributed by atoms with E-state index >= 15 is 0 Å². The Morgan fingerprint density at radius 2 is 1.90 bits per heavy atom. The number of pyridine rings is 2. The first-order chi connectivity index (χ1) is 14.3. The van der Waals surface area contributed by atoms with Crippen LogP contribution >= 0.6 is 0 Å². The fourth-order valence-corrected chi connectivity index (χ4v) is 3.65. The first-order valence-electron chi connectivity index (χ1n) is 9.79. The van der Waals surface area contributed by atoms with Gasteiger partial charge in [-0.05, 0) is 31.2 Å². The Labute approximate surface area is 171 Å². The molecule has 2 atom stereocenters. The van der Waals surface area contributed by atoms with Crippen molar-refractivity contribution >= 4 is 16.7 Å². The van der Waals surface area contributed by atoms with E-state index in [0.29, 0.717) is 0 Å². The van der Waals surface area contributed by atoms with Crippen molar-refractivity contribution in [1.82, 2.24) is 24.6 Å². The molecule has 7 nitrogen and oxygen atoms in total. The minimum atomic E-state index is -4.65. The van der Waals surface area contributed by atoms with Gasteiger partial charge in [-0.2, -0.15) is 18.3 Å². The summed E-state index contributed by atoms with van der Waals surface area (Å²) in [6.07, 6.45) is -2.26. The third-order valence-corrected chi connectivity index (χ3v) is 5.50. The molecule has 160 valence electrons. The molecule has 0 radical (unpaired) electrons. The van der Waals surface area contributed by atoms with E-state index in [1.165, 1.54) is 0 Å². The van der Waals surface area contributed by atoms with Crippen LogP contribution in [0.2, 0.25) is 0 Å². The van der Waals surface area contributed by atoms with Gasteiger partial charge in [-0.3, -0.25) is 9.58 Å². The zero-order chi connectivity index (χ0) is 21.3. The normalized spacial score (nSPS) is 18.0. The van der Waals surface area contributed by atoms with Gasteiger partial charge in [-0.1, -0.05) is 0 Å². The molecule has 1 unspecified atom stereocenters. The molecular formula is C20H23F3N6O. The van der Waals surface area contributed by atoms with Gasteiger partial charge in [-0.15, -0.1) is 0 Å². The number of anilines is 1. The van der Waals surface area contributed by atoms with Crippen molar-refractivity contribution in [2.45, 2.75) is 31.8 Å². The van der Waals surface area contributed by atoms with Crippen LogP contribution in [0.5, 0.6) is 0 Å². The van der Waals surface area contributed by atoms with E-state index in [2.05, 4.69) is 31.8 Å². The zero-order valence-electron chi connectivity index (χ0n) is 16.5. The van der Waals surface area contributed by atoms with Crippen LogP contribution < -0.4 is 4.90 Å². The van der Waals surface area contributed by atoms with Gasteiger partial charge in [0.25, 0.3) is 0 Å². The summed E-state index contributed by atoms with van der Waals surface area (Å²) in [5.41, 5.74) is 2.45. The average Bonchev–Trinajstić information content (AvgIpc) is 3.21. The number of rotatable bonds is 5. The Kier molecular flexibility index (Phi) is 5.61. The highest BCUT2D eigenvalue weighted by Gasteiger charge is 2.38. The van der Waals surface area contributed by atoms with E-state index in [1.54, 1.807) is 18.6 Å². The lowest BCUT2D eigenvalue weighted by Crippen LogP contribution is -2.47. The molecule has 4 heterocycles. The van der Waals surface area contributed by atoms with E-state index in [0.717, 1.165) is 53.3 Å². The Balaban J connectivity index is 1.36. The van der Waals surface area contributed by atoms with Crippen LogP contribution in [0.25, 0.3) is 11.0 Å². The highest BCUT2D eigenvalue weighted by Crippen LogP contribution is 2.25. The smallest absolute Gasteiger partial charge is 0.382 e. The maximum absolute atomic E-state index is 12.5. The van der Waals surface area contributed by atoms with Gasteiger partial charge in [-0.25, -0.2) is 9.97 Å². The number of fused-ring (bicyclic) bond motifs is 1. The molecule has 1 fully saturated rings. The zero-order valence-corrected chi connectivity index (χ0v) is 16.5. The van der Waals surface area contributed by atoms with Crippen molar-refractivity contribution in [2.75, 3.05) is 31.1 Å². The predicted molar refractivity (Wildman–Crippen MR) is 106 cm³/mol. The molecule has 3 aromatic heterocycles. The molecule has 0 aliphatic carbocycles. The molecule has 4 rings (SSSR count). The Morgan fingerprint density at radius 3 is 2.63 bits per heavy atom. The van der Waals surface area contributed by atoms with Gasteiger partial charge in [0.2, 0.25) is 0 Å². The molecule has 0 bridgehead atoms. The summed E-state index contributed by atoms with van der Waals surface area (Å²) >= 11 is 0. The summed E-state index contributed by atoms with van der Waals surface area (Å²) < 4.78 is 38.7. The van der Waals surface area contributed by atoms with Gasteiger partial charge in [0, 0.05) is 50.0 Å². The largest absolute Gasteiger partial charge is 0.416 e. The maximum Gasteiger partial charge on any atom is 0.416 e. The maximum atomic E-state index is 12.5. The van der Waals surface area contributed by atoms with E-state index in [1.807, 2.05) is 24.3 Å². The standard InChI is InChI=1S/C20H23F3N6O/c1-14(17-5-4-15-3-2-6-24-19(15)26-17)27-7-9-28(10-8-27)16-11-25-29(12-16)13-18(30)20(21,22)23/h2-6,11-12,14,18,30H,7-10,13H2,1H3/t14-,18?/m0/s1. The third kappa shape index (κ3) is 4.39. The molecule has 0 aromatic carbocycles. The number of hydrogen-bond acceptors (Lipinski definition) is 6. The van der Waals surface area contributed by atoms with E-state index in [4.69, 9.17) is 0 Å². The minimum Gasteiger partial charge on any atom is -0.382 e. The van der Waals surface area contributed by atoms with Crippen molar-refractivity contribution in [2.24, 2.45) is 0 Å². The topological polar surface area (TPSA) is 70.3 Å². The second kappa shape index (κ2) is 8.19. The Bertz CT molecular complexity index is 999. The van der Waals surface area contributed by atoms with Gasteiger partial charge in [0.1, 0.15) is 0 Å². The van der Waals surface area contributed by atoms with Crippen LogP contribution in [0.15, 0.2) is 42.9 Å². The van der Waals surface area contributed by atoms with Crippen molar-refractivity contribution in [3.8, 4) is 0 Å². The fourth-order valence-electron chi connectivity index (χ4n) is 3.65. The molecule has 0 spiro atoms. The van der Waals surface area contributed by atoms with Gasteiger partial charge < -0.3 is 10.0 Å². The van der Waals surface area contributed by atoms with Crippen LogP contribution in [-0.2, 0) is 6.54 Å². The summed E-state index contributed by atoms with van der Waals surface area (Å²) in [5, 5.41) is 14.2. The lowest BCUT2D eigenvalue weighted by atomic mass is 10.1. The van der Waals surface area contributed by atoms with Gasteiger partial charge >= 0.3 is 6.18 Å². The molecule has 0 saturated carbocycles. The number of aliphatic hydroxyl groups excluding tert-OH is 1. The molecule has 30 heavy (non-hydrogen) atoms. The van der Waals surface area contributed by atoms with Crippen LogP contribution in [0.3, 0.4) is 0 Å². The third-order valence-electron chi connectivity index (χ3n) is 5.50. The lowest BCUT2D eigenvalue weighted by Gasteiger charge is -2.38.